The van der Waals surface area contributed by atoms with E-state index < -0.39 is 58.2 Å². The van der Waals surface area contributed by atoms with Crippen molar-refractivity contribution in [3.05, 3.63) is 0 Å². The molecule has 0 aromatic rings. The molecule has 0 amide bonds. The molecule has 7 atom stereocenters. The summed E-state index contributed by atoms with van der Waals surface area (Å²) in [6.07, 6.45) is 0.836. The number of aliphatic hydroxyl groups is 1. The van der Waals surface area contributed by atoms with Crippen LogP contribution in [-0.2, 0) is 92.0 Å². The molecule has 0 spiro atoms. The third-order valence-electron chi connectivity index (χ3n) is 6.80. The van der Waals surface area contributed by atoms with Gasteiger partial charge in [0.1, 0.15) is 0 Å². The van der Waals surface area contributed by atoms with Crippen LogP contribution in [0.1, 0.15) is 26.7 Å². The molecule has 0 aromatic heterocycles. The van der Waals surface area contributed by atoms with Gasteiger partial charge in [-0.2, -0.15) is 0 Å². The first-order valence-electron chi connectivity index (χ1n) is 18.4. The second-order valence-electron chi connectivity index (χ2n) is 11.5. The van der Waals surface area contributed by atoms with Gasteiger partial charge in [0.25, 0.3) is 39.1 Å². The maximum atomic E-state index is 11.8. The zero-order chi connectivity index (χ0) is 45.2. The number of ether oxygens (including phenoxy) is 6. The first-order valence-corrected chi connectivity index (χ1v) is 25.7. The van der Waals surface area contributed by atoms with Crippen molar-refractivity contribution < 1.29 is 126 Å². The fraction of sp³-hybridized carbons (Fsp3) is 1.00. The van der Waals surface area contributed by atoms with Crippen molar-refractivity contribution in [2.45, 2.75) is 26.7 Å². The van der Waals surface area contributed by atoms with Crippen molar-refractivity contribution >= 4 is 39.1 Å². The maximum Gasteiger partial charge on any atom is 0.268 e. The van der Waals surface area contributed by atoms with Crippen molar-refractivity contribution in [2.24, 2.45) is 11.8 Å². The lowest BCUT2D eigenvalue weighted by molar-refractivity contribution is -0.230. The highest BCUT2D eigenvalue weighted by Crippen LogP contribution is 2.41. The summed E-state index contributed by atoms with van der Waals surface area (Å²) in [5.74, 6) is -0.961. The molecule has 0 aliphatic rings. The molecular formula is C28H58O27P5-5. The third-order valence-corrected chi connectivity index (χ3v) is 11.2. The molecule has 0 radical (unpaired) electrons. The summed E-state index contributed by atoms with van der Waals surface area (Å²) >= 11 is 0. The Hall–Kier alpha value is 0.270. The number of hydrogen-bond donors (Lipinski definition) is 2. The predicted octanol–water partition coefficient (Wildman–Crippen LogP) is -1.39. The van der Waals surface area contributed by atoms with E-state index in [1.54, 1.807) is 13.8 Å². The van der Waals surface area contributed by atoms with Crippen molar-refractivity contribution in [3.8, 4) is 0 Å². The van der Waals surface area contributed by atoms with Crippen LogP contribution in [0.25, 0.3) is 0 Å². The number of phosphoric acid groups is 5. The Morgan fingerprint density at radius 1 is 0.367 bits per heavy atom. The molecule has 362 valence electrons. The van der Waals surface area contributed by atoms with Gasteiger partial charge in [0.2, 0.25) is 0 Å². The number of aliphatic hydroxyl groups excluding tert-OH is 1. The minimum atomic E-state index is -4.95. The van der Waals surface area contributed by atoms with Gasteiger partial charge in [0, 0.05) is 18.4 Å². The summed E-state index contributed by atoms with van der Waals surface area (Å²) in [7, 11) is -23.5. The van der Waals surface area contributed by atoms with E-state index in [4.69, 9.17) is 38.4 Å². The summed E-state index contributed by atoms with van der Waals surface area (Å²) in [6, 6.07) is 0. The van der Waals surface area contributed by atoms with Gasteiger partial charge in [0.15, 0.2) is 0 Å². The van der Waals surface area contributed by atoms with Crippen LogP contribution in [0.4, 0.5) is 0 Å². The monoisotopic (exact) mass is 981 g/mol. The second kappa shape index (κ2) is 35.5. The Bertz CT molecular complexity index is 1290. The highest BCUT2D eigenvalue weighted by Gasteiger charge is 2.17. The van der Waals surface area contributed by atoms with Gasteiger partial charge >= 0.3 is 0 Å². The molecule has 32 heteroatoms. The lowest BCUT2D eigenvalue weighted by Crippen LogP contribution is -2.20. The average Bonchev–Trinajstić information content (AvgIpc) is 3.16. The van der Waals surface area contributed by atoms with Gasteiger partial charge in [-0.25, -0.2) is 0 Å². The Morgan fingerprint density at radius 3 is 0.817 bits per heavy atom. The van der Waals surface area contributed by atoms with Crippen LogP contribution < -0.4 is 24.5 Å². The van der Waals surface area contributed by atoms with Gasteiger partial charge in [-0.3, -0.25) is 22.8 Å². The maximum absolute atomic E-state index is 11.8. The van der Waals surface area contributed by atoms with Crippen molar-refractivity contribution in [1.29, 1.82) is 0 Å². The SMILES string of the molecule is CCC(CO)COP(=O)([O-])OCCOCCOCCOP(=O)([O-])OCCOCCOCCOP(=O)([O-])OCCOCCOCCOP(=O)([O-])OCC(CC)COP(=O)([O-])O. The lowest BCUT2D eigenvalue weighted by Gasteiger charge is -2.26. The van der Waals surface area contributed by atoms with Crippen LogP contribution in [0.5, 0.6) is 0 Å². The first-order chi connectivity index (χ1) is 28.3. The number of phosphoric ester groups is 5. The first kappa shape index (κ1) is 60.3. The van der Waals surface area contributed by atoms with Gasteiger partial charge < -0.3 is 104 Å². The van der Waals surface area contributed by atoms with Gasteiger partial charge in [-0.05, 0) is 12.8 Å². The zero-order valence-corrected chi connectivity index (χ0v) is 37.9. The second-order valence-corrected chi connectivity index (χ2v) is 18.4. The highest BCUT2D eigenvalue weighted by molar-refractivity contribution is 7.46. The minimum absolute atomic E-state index is 0.00657. The molecule has 0 heterocycles. The number of rotatable bonds is 45. The van der Waals surface area contributed by atoms with Crippen LogP contribution in [-0.4, -0.2) is 155 Å². The minimum Gasteiger partial charge on any atom is -0.756 e. The fourth-order valence-corrected chi connectivity index (χ4v) is 6.81. The Morgan fingerprint density at radius 2 is 0.583 bits per heavy atom. The van der Waals surface area contributed by atoms with E-state index in [9.17, 15) is 47.3 Å². The van der Waals surface area contributed by atoms with E-state index in [1.165, 1.54) is 0 Å². The molecule has 60 heavy (non-hydrogen) atoms. The normalized spacial score (nSPS) is 18.2. The molecule has 0 aromatic carbocycles. The summed E-state index contributed by atoms with van der Waals surface area (Å²) < 4.78 is 130. The molecule has 0 aliphatic heterocycles. The molecule has 2 N–H and O–H groups in total. The van der Waals surface area contributed by atoms with E-state index in [0.717, 1.165) is 0 Å². The van der Waals surface area contributed by atoms with E-state index in [2.05, 4.69) is 40.7 Å². The molecule has 0 fully saturated rings. The topological polar surface area (TPSA) is 380 Å². The van der Waals surface area contributed by atoms with E-state index in [1.807, 2.05) is 0 Å². The Labute approximate surface area is 349 Å². The van der Waals surface area contributed by atoms with Crippen molar-refractivity contribution in [3.63, 3.8) is 0 Å². The van der Waals surface area contributed by atoms with Gasteiger partial charge in [-0.1, -0.05) is 13.8 Å². The Balaban J connectivity index is 3.68. The molecule has 0 saturated carbocycles. The quantitative estimate of drug-likeness (QED) is 0.0524. The molecule has 0 aliphatic carbocycles. The van der Waals surface area contributed by atoms with Gasteiger partial charge in [-0.15, -0.1) is 0 Å². The molecule has 0 rings (SSSR count). The summed E-state index contributed by atoms with van der Waals surface area (Å²) in [5, 5.41) is 9.05. The molecular weight excluding hydrogens is 923 g/mol. The van der Waals surface area contributed by atoms with E-state index in [-0.39, 0.29) is 138 Å². The Kier molecular flexibility index (Phi) is 35.7. The zero-order valence-electron chi connectivity index (χ0n) is 33.5. The summed E-state index contributed by atoms with van der Waals surface area (Å²) in [6.45, 7) is -0.537. The molecule has 0 bridgehead atoms. The molecule has 7 unspecified atom stereocenters. The predicted molar refractivity (Wildman–Crippen MR) is 193 cm³/mol. The smallest absolute Gasteiger partial charge is 0.268 e. The summed E-state index contributed by atoms with van der Waals surface area (Å²) in [5.41, 5.74) is 0. The lowest BCUT2D eigenvalue weighted by atomic mass is 10.1. The highest BCUT2D eigenvalue weighted by atomic mass is 31.2. The fourth-order valence-electron chi connectivity index (χ4n) is 3.54. The molecule has 27 nitrogen and oxygen atoms in total. The van der Waals surface area contributed by atoms with Crippen LogP contribution in [0.15, 0.2) is 0 Å². The van der Waals surface area contributed by atoms with Crippen LogP contribution >= 0.6 is 39.1 Å². The van der Waals surface area contributed by atoms with Crippen molar-refractivity contribution in [2.75, 3.05) is 145 Å². The van der Waals surface area contributed by atoms with Crippen molar-refractivity contribution in [1.82, 2.24) is 0 Å². The van der Waals surface area contributed by atoms with Crippen LogP contribution in [0.2, 0.25) is 0 Å². The third kappa shape index (κ3) is 39.8. The van der Waals surface area contributed by atoms with Crippen LogP contribution in [0.3, 0.4) is 0 Å². The summed E-state index contributed by atoms with van der Waals surface area (Å²) in [4.78, 5) is 66.3. The number of hydrogen-bond acceptors (Lipinski definition) is 26. The van der Waals surface area contributed by atoms with E-state index >= 15 is 0 Å². The van der Waals surface area contributed by atoms with Crippen LogP contribution in [0, 0.1) is 11.8 Å². The standard InChI is InChI=1S/C28H63O27P5/c1-3-27(23-29)24-54-59(37,38)51-21-15-45-9-7-43-13-19-49-57(33,34)47-17-11-41-5-6-42-12-18-48-58(35,36)50-20-14-44-8-10-46-16-22-52-60(39,40)55-26-28(4-2)25-53-56(30,31)32/h27-29H,3-26H2,1-2H3,(H,33,34)(H,35,36)(H,37,38)(H,39,40)(H2,30,31,32)/p-5. The molecule has 0 saturated heterocycles. The largest absolute Gasteiger partial charge is 0.756 e. The van der Waals surface area contributed by atoms with E-state index in [0.29, 0.717) is 12.8 Å². The average molecular weight is 982 g/mol. The van der Waals surface area contributed by atoms with Gasteiger partial charge in [0.05, 0.1) is 139 Å².